The molecular formula is C8H15N3O2. The summed E-state index contributed by atoms with van der Waals surface area (Å²) in [5.74, 6) is 0. The van der Waals surface area contributed by atoms with Crippen LogP contribution in [-0.4, -0.2) is 20.3 Å². The lowest BCUT2D eigenvalue weighted by Crippen LogP contribution is -2.28. The van der Waals surface area contributed by atoms with Crippen molar-refractivity contribution in [2.24, 2.45) is 19.8 Å². The SMILES string of the molecule is CC(N)C(O)c1cn(C)c(=O)n1C. The molecule has 0 radical (unpaired) electrons. The van der Waals surface area contributed by atoms with Gasteiger partial charge in [0.25, 0.3) is 0 Å². The molecule has 0 bridgehead atoms. The van der Waals surface area contributed by atoms with E-state index in [1.165, 1.54) is 9.13 Å². The van der Waals surface area contributed by atoms with Crippen LogP contribution in [0.1, 0.15) is 18.7 Å². The van der Waals surface area contributed by atoms with E-state index in [-0.39, 0.29) is 11.7 Å². The molecule has 1 rings (SSSR count). The average Bonchev–Trinajstić information content (AvgIpc) is 2.31. The maximum absolute atomic E-state index is 11.3. The van der Waals surface area contributed by atoms with Crippen LogP contribution in [0.2, 0.25) is 0 Å². The molecule has 5 heteroatoms. The fourth-order valence-electron chi connectivity index (χ4n) is 1.23. The third-order valence-electron chi connectivity index (χ3n) is 2.10. The lowest BCUT2D eigenvalue weighted by molar-refractivity contribution is 0.145. The second-order valence-electron chi connectivity index (χ2n) is 3.31. The molecule has 0 saturated heterocycles. The van der Waals surface area contributed by atoms with Crippen LogP contribution in [0.4, 0.5) is 0 Å². The van der Waals surface area contributed by atoms with Crippen molar-refractivity contribution in [3.8, 4) is 0 Å². The maximum atomic E-state index is 11.3. The first-order valence-corrected chi connectivity index (χ1v) is 4.11. The van der Waals surface area contributed by atoms with Crippen LogP contribution >= 0.6 is 0 Å². The van der Waals surface area contributed by atoms with Crippen molar-refractivity contribution in [2.75, 3.05) is 0 Å². The minimum Gasteiger partial charge on any atom is -0.385 e. The molecule has 2 unspecified atom stereocenters. The molecule has 0 aliphatic rings. The number of nitrogens with zero attached hydrogens (tertiary/aromatic N) is 2. The molecule has 0 spiro atoms. The molecule has 1 aromatic heterocycles. The Balaban J connectivity index is 3.16. The van der Waals surface area contributed by atoms with Gasteiger partial charge in [0.1, 0.15) is 6.10 Å². The molecule has 1 heterocycles. The van der Waals surface area contributed by atoms with Gasteiger partial charge in [0, 0.05) is 26.3 Å². The number of aliphatic hydroxyl groups is 1. The normalized spacial score (nSPS) is 15.8. The van der Waals surface area contributed by atoms with E-state index in [1.807, 2.05) is 0 Å². The van der Waals surface area contributed by atoms with E-state index < -0.39 is 6.10 Å². The molecule has 0 aromatic carbocycles. The van der Waals surface area contributed by atoms with Crippen LogP contribution in [0.5, 0.6) is 0 Å². The van der Waals surface area contributed by atoms with Gasteiger partial charge in [0.05, 0.1) is 5.69 Å². The summed E-state index contributed by atoms with van der Waals surface area (Å²) >= 11 is 0. The number of hydrogen-bond acceptors (Lipinski definition) is 3. The third-order valence-corrected chi connectivity index (χ3v) is 2.10. The first kappa shape index (κ1) is 10.0. The molecule has 0 saturated carbocycles. The maximum Gasteiger partial charge on any atom is 0.327 e. The van der Waals surface area contributed by atoms with Gasteiger partial charge in [-0.2, -0.15) is 0 Å². The topological polar surface area (TPSA) is 73.2 Å². The van der Waals surface area contributed by atoms with Crippen LogP contribution in [0.25, 0.3) is 0 Å². The molecule has 1 aromatic rings. The summed E-state index contributed by atoms with van der Waals surface area (Å²) in [6.07, 6.45) is 0.801. The summed E-state index contributed by atoms with van der Waals surface area (Å²) < 4.78 is 2.81. The Kier molecular flexibility index (Phi) is 2.58. The van der Waals surface area contributed by atoms with E-state index in [9.17, 15) is 9.90 Å². The standard InChI is InChI=1S/C8H15N3O2/c1-5(9)7(12)6-4-10(2)8(13)11(6)3/h4-5,7,12H,9H2,1-3H3. The second kappa shape index (κ2) is 3.35. The lowest BCUT2D eigenvalue weighted by Gasteiger charge is -2.13. The minimum absolute atomic E-state index is 0.158. The third kappa shape index (κ3) is 1.66. The van der Waals surface area contributed by atoms with Crippen molar-refractivity contribution >= 4 is 0 Å². The van der Waals surface area contributed by atoms with Gasteiger partial charge in [-0.05, 0) is 6.92 Å². The first-order valence-electron chi connectivity index (χ1n) is 4.11. The predicted octanol–water partition coefficient (Wildman–Crippen LogP) is -0.896. The quantitative estimate of drug-likeness (QED) is 0.627. The minimum atomic E-state index is -0.793. The summed E-state index contributed by atoms with van der Waals surface area (Å²) in [6.45, 7) is 1.70. The van der Waals surface area contributed by atoms with Crippen molar-refractivity contribution in [3.63, 3.8) is 0 Å². The number of aromatic nitrogens is 2. The van der Waals surface area contributed by atoms with E-state index in [2.05, 4.69) is 0 Å². The average molecular weight is 185 g/mol. The van der Waals surface area contributed by atoms with E-state index in [4.69, 9.17) is 5.73 Å². The Labute approximate surface area is 76.4 Å². The summed E-state index contributed by atoms with van der Waals surface area (Å²) in [6, 6.07) is -0.381. The molecule has 0 fully saturated rings. The molecule has 3 N–H and O–H groups in total. The highest BCUT2D eigenvalue weighted by Crippen LogP contribution is 2.12. The first-order chi connectivity index (χ1) is 5.95. The summed E-state index contributed by atoms with van der Waals surface area (Å²) in [7, 11) is 3.25. The number of hydrogen-bond donors (Lipinski definition) is 2. The van der Waals surface area contributed by atoms with Gasteiger partial charge >= 0.3 is 5.69 Å². The molecule has 5 nitrogen and oxygen atoms in total. The van der Waals surface area contributed by atoms with Gasteiger partial charge in [0.15, 0.2) is 0 Å². The summed E-state index contributed by atoms with van der Waals surface area (Å²) in [4.78, 5) is 11.3. The Bertz CT molecular complexity index is 351. The number of aryl methyl sites for hydroxylation is 1. The lowest BCUT2D eigenvalue weighted by atomic mass is 10.1. The van der Waals surface area contributed by atoms with Crippen molar-refractivity contribution in [2.45, 2.75) is 19.1 Å². The number of aliphatic hydroxyl groups excluding tert-OH is 1. The molecule has 13 heavy (non-hydrogen) atoms. The van der Waals surface area contributed by atoms with Crippen LogP contribution in [0.15, 0.2) is 11.0 Å². The monoisotopic (exact) mass is 185 g/mol. The zero-order valence-electron chi connectivity index (χ0n) is 8.06. The van der Waals surface area contributed by atoms with E-state index >= 15 is 0 Å². The van der Waals surface area contributed by atoms with E-state index in [1.54, 1.807) is 27.2 Å². The fourth-order valence-corrected chi connectivity index (χ4v) is 1.23. The Hall–Kier alpha value is -1.07. The smallest absolute Gasteiger partial charge is 0.327 e. The van der Waals surface area contributed by atoms with Crippen molar-refractivity contribution in [3.05, 3.63) is 22.4 Å². The highest BCUT2D eigenvalue weighted by molar-refractivity contribution is 5.05. The molecular weight excluding hydrogens is 170 g/mol. The van der Waals surface area contributed by atoms with Gasteiger partial charge in [-0.25, -0.2) is 4.79 Å². The number of imidazole rings is 1. The van der Waals surface area contributed by atoms with Crippen LogP contribution in [-0.2, 0) is 14.1 Å². The van der Waals surface area contributed by atoms with Crippen molar-refractivity contribution < 1.29 is 5.11 Å². The van der Waals surface area contributed by atoms with Crippen molar-refractivity contribution in [1.82, 2.24) is 9.13 Å². The van der Waals surface area contributed by atoms with E-state index in [0.717, 1.165) is 0 Å². The van der Waals surface area contributed by atoms with Crippen LogP contribution < -0.4 is 11.4 Å². The Morgan fingerprint density at radius 3 is 2.38 bits per heavy atom. The molecule has 0 aliphatic carbocycles. The number of nitrogens with two attached hydrogens (primary N) is 1. The highest BCUT2D eigenvalue weighted by Gasteiger charge is 2.17. The second-order valence-corrected chi connectivity index (χ2v) is 3.31. The van der Waals surface area contributed by atoms with Gasteiger partial charge in [-0.3, -0.25) is 4.57 Å². The van der Waals surface area contributed by atoms with Gasteiger partial charge < -0.3 is 15.4 Å². The zero-order valence-corrected chi connectivity index (χ0v) is 8.06. The predicted molar refractivity (Wildman–Crippen MR) is 49.3 cm³/mol. The van der Waals surface area contributed by atoms with E-state index in [0.29, 0.717) is 5.69 Å². The molecule has 74 valence electrons. The summed E-state index contributed by atoms with van der Waals surface area (Å²) in [5, 5.41) is 9.62. The zero-order chi connectivity index (χ0) is 10.2. The van der Waals surface area contributed by atoms with Crippen molar-refractivity contribution in [1.29, 1.82) is 0 Å². The molecule has 0 amide bonds. The highest BCUT2D eigenvalue weighted by atomic mass is 16.3. The van der Waals surface area contributed by atoms with Gasteiger partial charge in [-0.15, -0.1) is 0 Å². The summed E-state index contributed by atoms with van der Waals surface area (Å²) in [5.41, 5.74) is 5.91. The Morgan fingerprint density at radius 1 is 1.54 bits per heavy atom. The largest absolute Gasteiger partial charge is 0.385 e. The van der Waals surface area contributed by atoms with Gasteiger partial charge in [0.2, 0.25) is 0 Å². The van der Waals surface area contributed by atoms with Crippen LogP contribution in [0.3, 0.4) is 0 Å². The van der Waals surface area contributed by atoms with Gasteiger partial charge in [-0.1, -0.05) is 0 Å². The molecule has 2 atom stereocenters. The fraction of sp³-hybridized carbons (Fsp3) is 0.625. The number of rotatable bonds is 2. The Morgan fingerprint density at radius 2 is 2.08 bits per heavy atom. The van der Waals surface area contributed by atoms with Crippen LogP contribution in [0, 0.1) is 0 Å². The molecule has 0 aliphatic heterocycles.